The molecule has 2 N–H and O–H groups in total. The van der Waals surface area contributed by atoms with Gasteiger partial charge in [0.05, 0.1) is 12.2 Å². The van der Waals surface area contributed by atoms with Gasteiger partial charge in [0.1, 0.15) is 5.76 Å². The Hall–Kier alpha value is -1.17. The quantitative estimate of drug-likeness (QED) is 0.568. The number of thioether (sulfide) groups is 1. The van der Waals surface area contributed by atoms with Crippen LogP contribution in [-0.4, -0.2) is 35.2 Å². The maximum Gasteiger partial charge on any atom is 0.191 e. The van der Waals surface area contributed by atoms with E-state index in [1.807, 2.05) is 11.8 Å². The van der Waals surface area contributed by atoms with Crippen molar-refractivity contribution in [3.8, 4) is 0 Å². The van der Waals surface area contributed by atoms with Crippen LogP contribution in [0.25, 0.3) is 0 Å². The first kappa shape index (κ1) is 18.9. The fraction of sp³-hybridized carbons (Fsp3) is 0.750. The van der Waals surface area contributed by atoms with Crippen LogP contribution >= 0.6 is 11.8 Å². The molecule has 0 amide bonds. The maximum atomic E-state index is 5.40. The van der Waals surface area contributed by atoms with E-state index in [9.17, 15) is 0 Å². The average Bonchev–Trinajstić information content (AvgIpc) is 2.92. The SMILES string of the molecule is CCNC(=NCc1c(CC)noc1CC)NCC(C)(C)SC. The lowest BCUT2D eigenvalue weighted by Gasteiger charge is -2.23. The fourth-order valence-corrected chi connectivity index (χ4v) is 2.20. The third-order valence-corrected chi connectivity index (χ3v) is 4.83. The van der Waals surface area contributed by atoms with Crippen LogP contribution < -0.4 is 10.6 Å². The monoisotopic (exact) mass is 326 g/mol. The van der Waals surface area contributed by atoms with Crippen molar-refractivity contribution < 1.29 is 4.52 Å². The molecule has 126 valence electrons. The highest BCUT2D eigenvalue weighted by molar-refractivity contribution is 7.99. The van der Waals surface area contributed by atoms with Gasteiger partial charge in [-0.1, -0.05) is 19.0 Å². The van der Waals surface area contributed by atoms with Crippen LogP contribution in [0.1, 0.15) is 51.6 Å². The van der Waals surface area contributed by atoms with Gasteiger partial charge in [0.25, 0.3) is 0 Å². The Morgan fingerprint density at radius 1 is 1.23 bits per heavy atom. The first-order chi connectivity index (χ1) is 10.5. The topological polar surface area (TPSA) is 62.5 Å². The minimum absolute atomic E-state index is 0.177. The summed E-state index contributed by atoms with van der Waals surface area (Å²) in [5.41, 5.74) is 2.15. The predicted molar refractivity (Wildman–Crippen MR) is 95.7 cm³/mol. The summed E-state index contributed by atoms with van der Waals surface area (Å²) in [6, 6.07) is 0. The summed E-state index contributed by atoms with van der Waals surface area (Å²) in [5.74, 6) is 1.79. The Balaban J connectivity index is 2.79. The molecule has 1 aromatic heterocycles. The molecule has 1 heterocycles. The van der Waals surface area contributed by atoms with Gasteiger partial charge in [-0.3, -0.25) is 0 Å². The zero-order valence-electron chi connectivity index (χ0n) is 14.7. The molecule has 1 aromatic rings. The lowest BCUT2D eigenvalue weighted by Crippen LogP contribution is -2.43. The summed E-state index contributed by atoms with van der Waals surface area (Å²) in [4.78, 5) is 4.70. The van der Waals surface area contributed by atoms with E-state index in [2.05, 4.69) is 56.7 Å². The molecule has 0 saturated heterocycles. The molecule has 22 heavy (non-hydrogen) atoms. The molecule has 6 heteroatoms. The van der Waals surface area contributed by atoms with Gasteiger partial charge in [0, 0.05) is 29.8 Å². The molecule has 0 spiro atoms. The number of hydrogen-bond donors (Lipinski definition) is 2. The van der Waals surface area contributed by atoms with Crippen molar-refractivity contribution in [2.45, 2.75) is 58.8 Å². The highest BCUT2D eigenvalue weighted by Gasteiger charge is 2.17. The van der Waals surface area contributed by atoms with Crippen LogP contribution in [-0.2, 0) is 19.4 Å². The second-order valence-electron chi connectivity index (χ2n) is 5.75. The Labute approximate surface area is 138 Å². The number of aryl methyl sites for hydroxylation is 2. The minimum Gasteiger partial charge on any atom is -0.361 e. The van der Waals surface area contributed by atoms with Crippen LogP contribution in [0.4, 0.5) is 0 Å². The highest BCUT2D eigenvalue weighted by atomic mass is 32.2. The largest absolute Gasteiger partial charge is 0.361 e. The van der Waals surface area contributed by atoms with E-state index >= 15 is 0 Å². The molecular weight excluding hydrogens is 296 g/mol. The molecule has 0 aromatic carbocycles. The van der Waals surface area contributed by atoms with Crippen molar-refractivity contribution in [1.29, 1.82) is 0 Å². The molecule has 0 saturated carbocycles. The van der Waals surface area contributed by atoms with E-state index in [0.29, 0.717) is 6.54 Å². The van der Waals surface area contributed by atoms with E-state index < -0.39 is 0 Å². The van der Waals surface area contributed by atoms with Crippen LogP contribution in [0, 0.1) is 0 Å². The summed E-state index contributed by atoms with van der Waals surface area (Å²) < 4.78 is 5.57. The standard InChI is InChI=1S/C16H30N4OS/c1-7-13-12(14(8-2)21-20-13)10-18-15(17-9-3)19-11-16(4,5)22-6/h7-11H2,1-6H3,(H2,17,18,19). The number of nitrogens with one attached hydrogen (secondary N) is 2. The molecule has 5 nitrogen and oxygen atoms in total. The molecule has 0 aliphatic heterocycles. The van der Waals surface area contributed by atoms with E-state index in [-0.39, 0.29) is 4.75 Å². The third kappa shape index (κ3) is 5.55. The van der Waals surface area contributed by atoms with Crippen molar-refractivity contribution in [1.82, 2.24) is 15.8 Å². The van der Waals surface area contributed by atoms with Gasteiger partial charge in [-0.2, -0.15) is 11.8 Å². The Bertz CT molecular complexity index is 461. The molecule has 0 atom stereocenters. The van der Waals surface area contributed by atoms with Gasteiger partial charge >= 0.3 is 0 Å². The summed E-state index contributed by atoms with van der Waals surface area (Å²) in [5, 5.41) is 10.9. The zero-order chi connectivity index (χ0) is 16.6. The molecule has 0 aliphatic rings. The summed E-state index contributed by atoms with van der Waals surface area (Å²) in [6.45, 7) is 13.0. The van der Waals surface area contributed by atoms with Crippen LogP contribution in [0.3, 0.4) is 0 Å². The molecule has 0 bridgehead atoms. The van der Waals surface area contributed by atoms with E-state index in [0.717, 1.165) is 48.9 Å². The summed E-state index contributed by atoms with van der Waals surface area (Å²) in [6.07, 6.45) is 3.85. The lowest BCUT2D eigenvalue weighted by atomic mass is 10.1. The number of hydrogen-bond acceptors (Lipinski definition) is 4. The van der Waals surface area contributed by atoms with Crippen molar-refractivity contribution >= 4 is 17.7 Å². The Kier molecular flexibility index (Phi) is 7.79. The average molecular weight is 327 g/mol. The molecule has 0 unspecified atom stereocenters. The van der Waals surface area contributed by atoms with Crippen molar-refractivity contribution in [2.75, 3.05) is 19.3 Å². The van der Waals surface area contributed by atoms with Crippen molar-refractivity contribution in [3.05, 3.63) is 17.0 Å². The van der Waals surface area contributed by atoms with Crippen molar-refractivity contribution in [2.24, 2.45) is 4.99 Å². The number of aromatic nitrogens is 1. The minimum atomic E-state index is 0.177. The Morgan fingerprint density at radius 3 is 2.50 bits per heavy atom. The van der Waals surface area contributed by atoms with Crippen LogP contribution in [0.5, 0.6) is 0 Å². The van der Waals surface area contributed by atoms with Gasteiger partial charge < -0.3 is 15.2 Å². The smallest absolute Gasteiger partial charge is 0.191 e. The third-order valence-electron chi connectivity index (χ3n) is 3.58. The second-order valence-corrected chi connectivity index (χ2v) is 7.26. The number of rotatable bonds is 8. The Morgan fingerprint density at radius 2 is 1.95 bits per heavy atom. The fourth-order valence-electron chi connectivity index (χ4n) is 1.99. The van der Waals surface area contributed by atoms with Gasteiger partial charge in [-0.25, -0.2) is 4.99 Å². The normalized spacial score (nSPS) is 12.5. The van der Waals surface area contributed by atoms with Gasteiger partial charge in [0.15, 0.2) is 5.96 Å². The van der Waals surface area contributed by atoms with Crippen LogP contribution in [0.2, 0.25) is 0 Å². The van der Waals surface area contributed by atoms with Crippen LogP contribution in [0.15, 0.2) is 9.52 Å². The summed E-state index contributed by atoms with van der Waals surface area (Å²) in [7, 11) is 0. The maximum absolute atomic E-state index is 5.40. The van der Waals surface area contributed by atoms with E-state index in [1.54, 1.807) is 0 Å². The predicted octanol–water partition coefficient (Wildman–Crippen LogP) is 3.00. The number of guanidine groups is 1. The van der Waals surface area contributed by atoms with Gasteiger partial charge in [0.2, 0.25) is 0 Å². The van der Waals surface area contributed by atoms with Gasteiger partial charge in [-0.15, -0.1) is 0 Å². The molecule has 0 aliphatic carbocycles. The summed E-state index contributed by atoms with van der Waals surface area (Å²) >= 11 is 1.84. The van der Waals surface area contributed by atoms with E-state index in [1.165, 1.54) is 0 Å². The van der Waals surface area contributed by atoms with Crippen molar-refractivity contribution in [3.63, 3.8) is 0 Å². The zero-order valence-corrected chi connectivity index (χ0v) is 15.6. The van der Waals surface area contributed by atoms with E-state index in [4.69, 9.17) is 9.52 Å². The van der Waals surface area contributed by atoms with Gasteiger partial charge in [-0.05, 0) is 33.4 Å². The molecule has 1 rings (SSSR count). The molecule has 0 fully saturated rings. The first-order valence-electron chi connectivity index (χ1n) is 8.01. The first-order valence-corrected chi connectivity index (χ1v) is 9.23. The second kappa shape index (κ2) is 9.08. The molecular formula is C16H30N4OS. The number of aliphatic imine (C=N–C) groups is 1. The number of nitrogens with zero attached hydrogens (tertiary/aromatic N) is 2. The lowest BCUT2D eigenvalue weighted by molar-refractivity contribution is 0.380. The highest BCUT2D eigenvalue weighted by Crippen LogP contribution is 2.19. The molecule has 0 radical (unpaired) electrons.